The number of piperidine rings is 1. The van der Waals surface area contributed by atoms with E-state index in [0.29, 0.717) is 5.92 Å². The minimum absolute atomic E-state index is 0.187. The normalized spacial score (nSPS) is 17.7. The maximum absolute atomic E-state index is 12.4. The van der Waals surface area contributed by atoms with Gasteiger partial charge in [-0.3, -0.25) is 4.98 Å². The molecule has 0 aliphatic carbocycles. The highest BCUT2D eigenvalue weighted by Gasteiger charge is 2.29. The number of nitrogens with zero attached hydrogens (tertiary/aromatic N) is 3. The maximum atomic E-state index is 12.4. The van der Waals surface area contributed by atoms with Gasteiger partial charge < -0.3 is 19.3 Å². The number of hydrogen-bond acceptors (Lipinski definition) is 5. The third kappa shape index (κ3) is 4.47. The smallest absolute Gasteiger partial charge is 0.410 e. The fourth-order valence-corrected chi connectivity index (χ4v) is 4.57. The predicted octanol–water partition coefficient (Wildman–Crippen LogP) is 4.64. The maximum Gasteiger partial charge on any atom is 0.410 e. The summed E-state index contributed by atoms with van der Waals surface area (Å²) in [5.74, 6) is 1.44. The van der Waals surface area contributed by atoms with Crippen molar-refractivity contribution in [1.29, 1.82) is 0 Å². The summed E-state index contributed by atoms with van der Waals surface area (Å²) in [6.07, 6.45) is 6.11. The van der Waals surface area contributed by atoms with E-state index in [1.54, 1.807) is 7.11 Å². The Morgan fingerprint density at radius 3 is 2.67 bits per heavy atom. The molecule has 2 aliphatic heterocycles. The number of ether oxygens (including phenoxy) is 2. The van der Waals surface area contributed by atoms with Crippen molar-refractivity contribution >= 4 is 22.7 Å². The van der Waals surface area contributed by atoms with Crippen LogP contribution in [-0.4, -0.2) is 54.9 Å². The largest absolute Gasteiger partial charge is 0.497 e. The van der Waals surface area contributed by atoms with Crippen LogP contribution in [0.5, 0.6) is 5.75 Å². The first-order valence-electron chi connectivity index (χ1n) is 11.0. The van der Waals surface area contributed by atoms with Gasteiger partial charge in [-0.15, -0.1) is 0 Å². The summed E-state index contributed by atoms with van der Waals surface area (Å²) in [6.45, 7) is 9.37. The van der Waals surface area contributed by atoms with E-state index < -0.39 is 5.60 Å². The van der Waals surface area contributed by atoms with Gasteiger partial charge in [0.1, 0.15) is 11.4 Å². The van der Waals surface area contributed by atoms with E-state index in [9.17, 15) is 4.79 Å². The van der Waals surface area contributed by atoms with Gasteiger partial charge in [-0.1, -0.05) is 0 Å². The molecule has 4 rings (SSSR count). The van der Waals surface area contributed by atoms with Crippen LogP contribution < -0.4 is 9.64 Å². The lowest BCUT2D eigenvalue weighted by atomic mass is 9.93. The van der Waals surface area contributed by atoms with E-state index in [-0.39, 0.29) is 6.09 Å². The van der Waals surface area contributed by atoms with Crippen LogP contribution in [0, 0.1) is 5.92 Å². The molecule has 1 aromatic carbocycles. The van der Waals surface area contributed by atoms with Gasteiger partial charge in [-0.25, -0.2) is 4.79 Å². The molecule has 1 aromatic heterocycles. The number of carbonyl (C=O) groups excluding carboxylic acids is 1. The first-order valence-corrected chi connectivity index (χ1v) is 11.0. The van der Waals surface area contributed by atoms with Crippen molar-refractivity contribution in [3.05, 3.63) is 30.0 Å². The van der Waals surface area contributed by atoms with Gasteiger partial charge >= 0.3 is 6.09 Å². The first kappa shape index (κ1) is 20.8. The number of pyridine rings is 1. The molecule has 2 aromatic rings. The molecule has 6 heteroatoms. The van der Waals surface area contributed by atoms with Crippen LogP contribution in [0.25, 0.3) is 10.9 Å². The standard InChI is InChI=1S/C24H33N3O3/c1-24(2,3)30-23(28)26-12-9-17(10-13-26)16-27-11-5-6-18-15-25-21-8-7-19(29-4)14-20(21)22(18)27/h7-8,14-15,17H,5-6,9-13,16H2,1-4H3. The molecular weight excluding hydrogens is 378 g/mol. The SMILES string of the molecule is COc1ccc2ncc3c(c2c1)N(CC1CCN(C(=O)OC(C)(C)C)CC1)CCC3. The lowest BCUT2D eigenvalue weighted by Gasteiger charge is -2.38. The molecular formula is C24H33N3O3. The summed E-state index contributed by atoms with van der Waals surface area (Å²) in [5.41, 5.74) is 3.22. The van der Waals surface area contributed by atoms with Gasteiger partial charge in [0.05, 0.1) is 18.3 Å². The van der Waals surface area contributed by atoms with Crippen LogP contribution in [-0.2, 0) is 11.2 Å². The van der Waals surface area contributed by atoms with Crippen LogP contribution in [0.4, 0.5) is 10.5 Å². The predicted molar refractivity (Wildman–Crippen MR) is 119 cm³/mol. The van der Waals surface area contributed by atoms with Crippen molar-refractivity contribution in [2.45, 2.75) is 52.1 Å². The van der Waals surface area contributed by atoms with E-state index in [2.05, 4.69) is 16.0 Å². The molecule has 1 fully saturated rings. The third-order valence-corrected chi connectivity index (χ3v) is 6.06. The van der Waals surface area contributed by atoms with Crippen LogP contribution >= 0.6 is 0 Å². The molecule has 0 atom stereocenters. The molecule has 6 nitrogen and oxygen atoms in total. The number of rotatable bonds is 3. The Hall–Kier alpha value is -2.50. The lowest BCUT2D eigenvalue weighted by Crippen LogP contribution is -2.44. The third-order valence-electron chi connectivity index (χ3n) is 6.06. The number of likely N-dealkylation sites (tertiary alicyclic amines) is 1. The van der Waals surface area contributed by atoms with Crippen molar-refractivity contribution in [1.82, 2.24) is 9.88 Å². The topological polar surface area (TPSA) is 54.9 Å². The molecule has 0 radical (unpaired) electrons. The molecule has 30 heavy (non-hydrogen) atoms. The number of aromatic nitrogens is 1. The Balaban J connectivity index is 1.47. The summed E-state index contributed by atoms with van der Waals surface area (Å²) in [4.78, 5) is 21.4. The van der Waals surface area contributed by atoms with Gasteiger partial charge in [0, 0.05) is 37.8 Å². The summed E-state index contributed by atoms with van der Waals surface area (Å²) in [6, 6.07) is 6.13. The Labute approximate surface area is 179 Å². The summed E-state index contributed by atoms with van der Waals surface area (Å²) in [7, 11) is 1.71. The highest BCUT2D eigenvalue weighted by molar-refractivity contribution is 5.94. The number of amides is 1. The molecule has 0 bridgehead atoms. The van der Waals surface area contributed by atoms with Gasteiger partial charge in [-0.2, -0.15) is 0 Å². The van der Waals surface area contributed by atoms with E-state index in [1.807, 2.05) is 44.0 Å². The van der Waals surface area contributed by atoms with Crippen LogP contribution in [0.15, 0.2) is 24.4 Å². The summed E-state index contributed by atoms with van der Waals surface area (Å²) < 4.78 is 11.0. The lowest BCUT2D eigenvalue weighted by molar-refractivity contribution is 0.0186. The second-order valence-electron chi connectivity index (χ2n) is 9.48. The number of anilines is 1. The molecule has 0 saturated carbocycles. The molecule has 162 valence electrons. The summed E-state index contributed by atoms with van der Waals surface area (Å²) >= 11 is 0. The van der Waals surface area contributed by atoms with Crippen LogP contribution in [0.3, 0.4) is 0 Å². The number of carbonyl (C=O) groups is 1. The Morgan fingerprint density at radius 2 is 1.97 bits per heavy atom. The zero-order valence-corrected chi connectivity index (χ0v) is 18.6. The van der Waals surface area contributed by atoms with Crippen molar-refractivity contribution < 1.29 is 14.3 Å². The fraction of sp³-hybridized carbons (Fsp3) is 0.583. The average molecular weight is 412 g/mol. The Bertz CT molecular complexity index is 909. The molecule has 0 spiro atoms. The highest BCUT2D eigenvalue weighted by Crippen LogP contribution is 2.36. The zero-order chi connectivity index (χ0) is 21.3. The second kappa shape index (κ2) is 8.32. The number of aryl methyl sites for hydroxylation is 1. The molecule has 2 aliphatic rings. The minimum Gasteiger partial charge on any atom is -0.497 e. The number of benzene rings is 1. The average Bonchev–Trinajstić information content (AvgIpc) is 2.72. The quantitative estimate of drug-likeness (QED) is 0.736. The van der Waals surface area contributed by atoms with E-state index in [1.165, 1.54) is 16.6 Å². The molecule has 3 heterocycles. The van der Waals surface area contributed by atoms with Gasteiger partial charge in [-0.05, 0) is 76.1 Å². The van der Waals surface area contributed by atoms with E-state index in [4.69, 9.17) is 9.47 Å². The molecule has 1 saturated heterocycles. The first-order chi connectivity index (χ1) is 14.3. The highest BCUT2D eigenvalue weighted by atomic mass is 16.6. The number of hydrogen-bond donors (Lipinski definition) is 0. The van der Waals surface area contributed by atoms with Crippen molar-refractivity contribution in [3.8, 4) is 5.75 Å². The zero-order valence-electron chi connectivity index (χ0n) is 18.6. The number of fused-ring (bicyclic) bond motifs is 3. The van der Waals surface area contributed by atoms with Crippen molar-refractivity contribution in [2.75, 3.05) is 38.2 Å². The Morgan fingerprint density at radius 1 is 1.20 bits per heavy atom. The second-order valence-corrected chi connectivity index (χ2v) is 9.48. The van der Waals surface area contributed by atoms with Crippen molar-refractivity contribution in [2.24, 2.45) is 5.92 Å². The molecule has 0 unspecified atom stereocenters. The van der Waals surface area contributed by atoms with E-state index in [0.717, 1.165) is 63.1 Å². The van der Waals surface area contributed by atoms with Gasteiger partial charge in [0.25, 0.3) is 0 Å². The van der Waals surface area contributed by atoms with Crippen molar-refractivity contribution in [3.63, 3.8) is 0 Å². The van der Waals surface area contributed by atoms with E-state index >= 15 is 0 Å². The summed E-state index contributed by atoms with van der Waals surface area (Å²) in [5, 5.41) is 1.18. The molecule has 0 N–H and O–H groups in total. The van der Waals surface area contributed by atoms with Gasteiger partial charge in [0.15, 0.2) is 0 Å². The minimum atomic E-state index is -0.443. The number of methoxy groups -OCH3 is 1. The molecule has 1 amide bonds. The monoisotopic (exact) mass is 411 g/mol. The Kier molecular flexibility index (Phi) is 5.76. The van der Waals surface area contributed by atoms with Crippen LogP contribution in [0.1, 0.15) is 45.6 Å². The van der Waals surface area contributed by atoms with Crippen LogP contribution in [0.2, 0.25) is 0 Å². The fourth-order valence-electron chi connectivity index (χ4n) is 4.57. The van der Waals surface area contributed by atoms with Gasteiger partial charge in [0.2, 0.25) is 0 Å².